The first kappa shape index (κ1) is 12.8. The van der Waals surface area contributed by atoms with E-state index in [0.717, 1.165) is 21.3 Å². The molecule has 0 nitrogen and oxygen atoms in total. The van der Waals surface area contributed by atoms with E-state index in [0.29, 0.717) is 5.56 Å². The molecule has 17 heavy (non-hydrogen) atoms. The molecule has 0 radical (unpaired) electrons. The van der Waals surface area contributed by atoms with Crippen molar-refractivity contribution in [3.63, 3.8) is 0 Å². The first-order chi connectivity index (χ1) is 8.08. The minimum atomic E-state index is -0.876. The second-order valence-electron chi connectivity index (χ2n) is 3.59. The highest BCUT2D eigenvalue weighted by atomic mass is 127. The van der Waals surface area contributed by atoms with E-state index in [9.17, 15) is 8.78 Å². The predicted octanol–water partition coefficient (Wildman–Crippen LogP) is 4.90. The number of rotatable bonds is 2. The Morgan fingerprint density at radius 1 is 0.882 bits per heavy atom. The van der Waals surface area contributed by atoms with E-state index in [1.54, 1.807) is 0 Å². The van der Waals surface area contributed by atoms with Gasteiger partial charge in [0.05, 0.1) is 5.38 Å². The number of hydrogen-bond donors (Lipinski definition) is 0. The zero-order valence-corrected chi connectivity index (χ0v) is 11.5. The summed E-state index contributed by atoms with van der Waals surface area (Å²) < 4.78 is 27.0. The predicted molar refractivity (Wildman–Crippen MR) is 73.2 cm³/mol. The summed E-state index contributed by atoms with van der Waals surface area (Å²) in [6, 6.07) is 11.3. The van der Waals surface area contributed by atoms with Crippen LogP contribution in [0.15, 0.2) is 42.5 Å². The van der Waals surface area contributed by atoms with E-state index in [-0.39, 0.29) is 0 Å². The highest BCUT2D eigenvalue weighted by molar-refractivity contribution is 14.1. The van der Waals surface area contributed by atoms with Crippen molar-refractivity contribution in [2.45, 2.75) is 5.38 Å². The summed E-state index contributed by atoms with van der Waals surface area (Å²) in [5.74, 6) is -1.74. The van der Waals surface area contributed by atoms with Crippen LogP contribution in [0.25, 0.3) is 0 Å². The average Bonchev–Trinajstić information content (AvgIpc) is 2.33. The lowest BCUT2D eigenvalue weighted by Gasteiger charge is -2.10. The number of alkyl halides is 1. The topological polar surface area (TPSA) is 0 Å². The van der Waals surface area contributed by atoms with Crippen molar-refractivity contribution >= 4 is 34.2 Å². The molecule has 2 aromatic rings. The number of halogens is 4. The quantitative estimate of drug-likeness (QED) is 0.525. The molecule has 0 saturated carbocycles. The van der Waals surface area contributed by atoms with Crippen molar-refractivity contribution in [3.8, 4) is 0 Å². The van der Waals surface area contributed by atoms with Gasteiger partial charge in [-0.15, -0.1) is 11.6 Å². The van der Waals surface area contributed by atoms with E-state index in [1.165, 1.54) is 6.07 Å². The Morgan fingerprint density at radius 3 is 2.06 bits per heavy atom. The minimum Gasteiger partial charge on any atom is -0.204 e. The van der Waals surface area contributed by atoms with Gasteiger partial charge in [-0.1, -0.05) is 18.2 Å². The molecule has 2 rings (SSSR count). The molecule has 0 saturated heterocycles. The van der Waals surface area contributed by atoms with Crippen LogP contribution in [0.5, 0.6) is 0 Å². The van der Waals surface area contributed by atoms with E-state index in [1.807, 2.05) is 24.3 Å². The number of benzene rings is 2. The molecule has 0 aromatic heterocycles. The molecule has 2 aromatic carbocycles. The van der Waals surface area contributed by atoms with Crippen LogP contribution in [0.3, 0.4) is 0 Å². The van der Waals surface area contributed by atoms with E-state index >= 15 is 0 Å². The van der Waals surface area contributed by atoms with Crippen molar-refractivity contribution < 1.29 is 8.78 Å². The maximum Gasteiger partial charge on any atom is 0.159 e. The molecule has 88 valence electrons. The monoisotopic (exact) mass is 364 g/mol. The highest BCUT2D eigenvalue weighted by Crippen LogP contribution is 2.29. The van der Waals surface area contributed by atoms with Crippen LogP contribution in [-0.4, -0.2) is 0 Å². The Bertz CT molecular complexity index is 525. The summed E-state index contributed by atoms with van der Waals surface area (Å²) in [6.45, 7) is 0. The first-order valence-electron chi connectivity index (χ1n) is 4.92. The van der Waals surface area contributed by atoms with Crippen molar-refractivity contribution in [3.05, 3.63) is 68.8 Å². The fourth-order valence-electron chi connectivity index (χ4n) is 1.49. The standard InChI is InChI=1S/C13H8ClF2I/c14-13(8-1-4-10(17)5-2-8)9-3-6-11(15)12(16)7-9/h1-7,13H. The van der Waals surface area contributed by atoms with Crippen LogP contribution in [0.4, 0.5) is 8.78 Å². The minimum absolute atomic E-state index is 0.470. The van der Waals surface area contributed by atoms with Crippen LogP contribution in [0, 0.1) is 15.2 Å². The van der Waals surface area contributed by atoms with Crippen molar-refractivity contribution in [1.29, 1.82) is 0 Å². The third-order valence-corrected chi connectivity index (χ3v) is 3.62. The van der Waals surface area contributed by atoms with Gasteiger partial charge in [0, 0.05) is 3.57 Å². The lowest BCUT2D eigenvalue weighted by molar-refractivity contribution is 0.507. The second-order valence-corrected chi connectivity index (χ2v) is 5.27. The Morgan fingerprint density at radius 2 is 1.47 bits per heavy atom. The normalized spacial score (nSPS) is 12.5. The van der Waals surface area contributed by atoms with E-state index in [2.05, 4.69) is 22.6 Å². The van der Waals surface area contributed by atoms with Crippen LogP contribution >= 0.6 is 34.2 Å². The smallest absolute Gasteiger partial charge is 0.159 e. The Labute approximate surface area is 117 Å². The van der Waals surface area contributed by atoms with Gasteiger partial charge in [-0.2, -0.15) is 0 Å². The van der Waals surface area contributed by atoms with Gasteiger partial charge in [-0.25, -0.2) is 8.78 Å². The molecule has 0 heterocycles. The van der Waals surface area contributed by atoms with E-state index in [4.69, 9.17) is 11.6 Å². The Balaban J connectivity index is 2.33. The summed E-state index contributed by atoms with van der Waals surface area (Å²) >= 11 is 8.41. The maximum atomic E-state index is 13.1. The molecule has 0 aliphatic heterocycles. The van der Waals surface area contributed by atoms with Gasteiger partial charge in [-0.3, -0.25) is 0 Å². The molecular formula is C13H8ClF2I. The molecule has 0 fully saturated rings. The molecule has 4 heteroatoms. The Kier molecular flexibility index (Phi) is 3.99. The molecule has 0 aliphatic carbocycles. The SMILES string of the molecule is Fc1ccc(C(Cl)c2ccc(I)cc2)cc1F. The van der Waals surface area contributed by atoms with Crippen LogP contribution in [-0.2, 0) is 0 Å². The summed E-state index contributed by atoms with van der Waals surface area (Å²) in [7, 11) is 0. The first-order valence-corrected chi connectivity index (χ1v) is 6.44. The van der Waals surface area contributed by atoms with Crippen molar-refractivity contribution in [2.24, 2.45) is 0 Å². The highest BCUT2D eigenvalue weighted by Gasteiger charge is 2.13. The summed E-state index contributed by atoms with van der Waals surface area (Å²) in [5, 5.41) is -0.470. The Hall–Kier alpha value is -0.680. The molecule has 0 aliphatic rings. The zero-order chi connectivity index (χ0) is 12.4. The lowest BCUT2D eigenvalue weighted by atomic mass is 10.0. The molecule has 0 bridgehead atoms. The summed E-state index contributed by atoms with van der Waals surface area (Å²) in [6.07, 6.45) is 0. The summed E-state index contributed by atoms with van der Waals surface area (Å²) in [4.78, 5) is 0. The van der Waals surface area contributed by atoms with Gasteiger partial charge < -0.3 is 0 Å². The third-order valence-electron chi connectivity index (χ3n) is 2.40. The molecule has 1 unspecified atom stereocenters. The molecular weight excluding hydrogens is 356 g/mol. The largest absolute Gasteiger partial charge is 0.204 e. The van der Waals surface area contributed by atoms with Crippen molar-refractivity contribution in [2.75, 3.05) is 0 Å². The van der Waals surface area contributed by atoms with Gasteiger partial charge in [0.2, 0.25) is 0 Å². The van der Waals surface area contributed by atoms with Gasteiger partial charge in [-0.05, 0) is 58.0 Å². The average molecular weight is 365 g/mol. The summed E-state index contributed by atoms with van der Waals surface area (Å²) in [5.41, 5.74) is 1.41. The van der Waals surface area contributed by atoms with Gasteiger partial charge in [0.25, 0.3) is 0 Å². The number of hydrogen-bond acceptors (Lipinski definition) is 0. The maximum absolute atomic E-state index is 13.1. The molecule has 1 atom stereocenters. The van der Waals surface area contributed by atoms with Crippen LogP contribution < -0.4 is 0 Å². The molecule has 0 spiro atoms. The molecule has 0 N–H and O–H groups in total. The van der Waals surface area contributed by atoms with Gasteiger partial charge >= 0.3 is 0 Å². The molecule has 0 amide bonds. The van der Waals surface area contributed by atoms with E-state index < -0.39 is 17.0 Å². The van der Waals surface area contributed by atoms with Crippen molar-refractivity contribution in [1.82, 2.24) is 0 Å². The fourth-order valence-corrected chi connectivity index (χ4v) is 2.14. The van der Waals surface area contributed by atoms with Crippen LogP contribution in [0.1, 0.15) is 16.5 Å². The van der Waals surface area contributed by atoms with Gasteiger partial charge in [0.15, 0.2) is 11.6 Å². The lowest BCUT2D eigenvalue weighted by Crippen LogP contribution is -1.95. The third kappa shape index (κ3) is 2.96. The second kappa shape index (κ2) is 5.31. The zero-order valence-electron chi connectivity index (χ0n) is 8.63. The van der Waals surface area contributed by atoms with Gasteiger partial charge in [0.1, 0.15) is 0 Å². The van der Waals surface area contributed by atoms with Crippen LogP contribution in [0.2, 0.25) is 0 Å². The fraction of sp³-hybridized carbons (Fsp3) is 0.0769.